The van der Waals surface area contributed by atoms with Gasteiger partial charge in [0.1, 0.15) is 28.6 Å². The van der Waals surface area contributed by atoms with Crippen molar-refractivity contribution < 1.29 is 13.3 Å². The molecule has 1 unspecified atom stereocenters. The van der Waals surface area contributed by atoms with Crippen LogP contribution in [0.4, 0.5) is 10.1 Å². The number of aromatic nitrogens is 1. The van der Waals surface area contributed by atoms with Gasteiger partial charge in [0.25, 0.3) is 0 Å². The Balaban J connectivity index is 1.83. The Hall–Kier alpha value is -2.85. The summed E-state index contributed by atoms with van der Waals surface area (Å²) in [5.41, 5.74) is 2.86. The number of nitrogens with one attached hydrogen (secondary N) is 1. The SMILES string of the molecule is CCn1c(-c2ccc(NS(=O)C3CC3)c(F)c2)c(C#N)c2ccc(OC)cc21. The molecule has 1 heterocycles. The molecule has 1 fully saturated rings. The Morgan fingerprint density at radius 3 is 2.71 bits per heavy atom. The molecule has 1 saturated carbocycles. The quantitative estimate of drug-likeness (QED) is 0.662. The van der Waals surface area contributed by atoms with Gasteiger partial charge in [-0.3, -0.25) is 0 Å². The molecule has 4 rings (SSSR count). The Bertz CT molecular complexity index is 1130. The van der Waals surface area contributed by atoms with Gasteiger partial charge in [-0.25, -0.2) is 8.60 Å². The highest BCUT2D eigenvalue weighted by molar-refractivity contribution is 7.87. The fourth-order valence-corrected chi connectivity index (χ4v) is 4.53. The highest BCUT2D eigenvalue weighted by Gasteiger charge is 2.29. The normalized spacial score (nSPS) is 14.6. The predicted octanol–water partition coefficient (Wildman–Crippen LogP) is 4.59. The van der Waals surface area contributed by atoms with Gasteiger partial charge in [-0.2, -0.15) is 5.26 Å². The van der Waals surface area contributed by atoms with Crippen LogP contribution in [0, 0.1) is 17.1 Å². The summed E-state index contributed by atoms with van der Waals surface area (Å²) in [5.74, 6) is 0.213. The van der Waals surface area contributed by atoms with Crippen molar-refractivity contribution in [2.45, 2.75) is 31.6 Å². The average Bonchev–Trinajstić information content (AvgIpc) is 3.51. The predicted molar refractivity (Wildman–Crippen MR) is 109 cm³/mol. The van der Waals surface area contributed by atoms with Gasteiger partial charge in [0, 0.05) is 23.6 Å². The zero-order chi connectivity index (χ0) is 19.8. The number of anilines is 1. The lowest BCUT2D eigenvalue weighted by atomic mass is 10.1. The second-order valence-electron chi connectivity index (χ2n) is 6.76. The van der Waals surface area contributed by atoms with Crippen molar-refractivity contribution in [2.75, 3.05) is 11.8 Å². The molecule has 3 aromatic rings. The lowest BCUT2D eigenvalue weighted by Gasteiger charge is -2.11. The van der Waals surface area contributed by atoms with Gasteiger partial charge in [-0.1, -0.05) is 6.07 Å². The Kier molecular flexibility index (Phi) is 4.82. The lowest BCUT2D eigenvalue weighted by Crippen LogP contribution is -2.10. The van der Waals surface area contributed by atoms with Crippen LogP contribution in [0.5, 0.6) is 5.75 Å². The van der Waals surface area contributed by atoms with E-state index in [1.165, 1.54) is 6.07 Å². The Labute approximate surface area is 165 Å². The topological polar surface area (TPSA) is 67.0 Å². The lowest BCUT2D eigenvalue weighted by molar-refractivity contribution is 0.415. The number of hydrogen-bond donors (Lipinski definition) is 1. The minimum Gasteiger partial charge on any atom is -0.497 e. The van der Waals surface area contributed by atoms with Crippen LogP contribution in [0.2, 0.25) is 0 Å². The zero-order valence-corrected chi connectivity index (χ0v) is 16.5. The van der Waals surface area contributed by atoms with Crippen molar-refractivity contribution in [1.82, 2.24) is 4.57 Å². The van der Waals surface area contributed by atoms with Crippen molar-refractivity contribution >= 4 is 27.6 Å². The van der Waals surface area contributed by atoms with Gasteiger partial charge in [0.2, 0.25) is 0 Å². The van der Waals surface area contributed by atoms with E-state index in [2.05, 4.69) is 10.8 Å². The highest BCUT2D eigenvalue weighted by Crippen LogP contribution is 2.36. The van der Waals surface area contributed by atoms with Gasteiger partial charge in [0.05, 0.1) is 34.8 Å². The van der Waals surface area contributed by atoms with E-state index in [0.29, 0.717) is 29.1 Å². The van der Waals surface area contributed by atoms with Gasteiger partial charge in [-0.15, -0.1) is 0 Å². The molecule has 1 aliphatic rings. The van der Waals surface area contributed by atoms with E-state index in [-0.39, 0.29) is 10.9 Å². The largest absolute Gasteiger partial charge is 0.497 e. The standard InChI is InChI=1S/C21H20FN3O2S/c1-3-25-20-11-14(27-2)5-8-16(20)17(12-23)21(25)13-4-9-19(18(22)10-13)24-28(26)15-6-7-15/h4-5,8-11,15,24H,3,6-7H2,1-2H3. The first-order chi connectivity index (χ1) is 13.6. The smallest absolute Gasteiger partial charge is 0.147 e. The third-order valence-corrected chi connectivity index (χ3v) is 6.48. The Morgan fingerprint density at radius 2 is 2.11 bits per heavy atom. The first kappa shape index (κ1) is 18.5. The molecule has 1 N–H and O–H groups in total. The second-order valence-corrected chi connectivity index (χ2v) is 8.22. The summed E-state index contributed by atoms with van der Waals surface area (Å²) < 4.78 is 36.8. The number of hydrogen-bond acceptors (Lipinski definition) is 3. The first-order valence-corrected chi connectivity index (χ1v) is 10.4. The van der Waals surface area contributed by atoms with Gasteiger partial charge in [-0.05, 0) is 44.0 Å². The average molecular weight is 397 g/mol. The maximum atomic E-state index is 14.7. The van der Waals surface area contributed by atoms with Crippen molar-refractivity contribution in [3.8, 4) is 23.1 Å². The van der Waals surface area contributed by atoms with Crippen molar-refractivity contribution in [3.05, 3.63) is 47.8 Å². The summed E-state index contributed by atoms with van der Waals surface area (Å²) >= 11 is 0. The summed E-state index contributed by atoms with van der Waals surface area (Å²) in [6.45, 7) is 2.60. The van der Waals surface area contributed by atoms with Crippen LogP contribution in [-0.2, 0) is 17.5 Å². The maximum Gasteiger partial charge on any atom is 0.147 e. The summed E-state index contributed by atoms with van der Waals surface area (Å²) in [6, 6.07) is 12.6. The van der Waals surface area contributed by atoms with Crippen LogP contribution in [-0.4, -0.2) is 21.1 Å². The summed E-state index contributed by atoms with van der Waals surface area (Å²) in [7, 11) is 0.334. The monoisotopic (exact) mass is 397 g/mol. The minimum absolute atomic E-state index is 0.113. The highest BCUT2D eigenvalue weighted by atomic mass is 32.2. The van der Waals surface area contributed by atoms with Crippen LogP contribution >= 0.6 is 0 Å². The molecule has 0 bridgehead atoms. The van der Waals surface area contributed by atoms with E-state index in [9.17, 15) is 13.9 Å². The number of fused-ring (bicyclic) bond motifs is 1. The maximum absolute atomic E-state index is 14.7. The number of ether oxygens (including phenoxy) is 1. The van der Waals surface area contributed by atoms with Gasteiger partial charge in [0.15, 0.2) is 0 Å². The number of nitrogens with zero attached hydrogens (tertiary/aromatic N) is 2. The van der Waals surface area contributed by atoms with E-state index >= 15 is 0 Å². The number of halogens is 1. The van der Waals surface area contributed by atoms with Gasteiger partial charge >= 0.3 is 0 Å². The Morgan fingerprint density at radius 1 is 1.32 bits per heavy atom. The molecular weight excluding hydrogens is 377 g/mol. The molecule has 144 valence electrons. The number of rotatable bonds is 6. The summed E-state index contributed by atoms with van der Waals surface area (Å²) in [6.07, 6.45) is 1.82. The van der Waals surface area contributed by atoms with Crippen molar-refractivity contribution in [3.63, 3.8) is 0 Å². The molecule has 0 saturated heterocycles. The van der Waals surface area contributed by atoms with Crippen LogP contribution in [0.3, 0.4) is 0 Å². The molecule has 28 heavy (non-hydrogen) atoms. The van der Waals surface area contributed by atoms with E-state index in [1.54, 1.807) is 19.2 Å². The van der Waals surface area contributed by atoms with Crippen LogP contribution < -0.4 is 9.46 Å². The number of benzene rings is 2. The van der Waals surface area contributed by atoms with E-state index < -0.39 is 16.8 Å². The molecular formula is C21H20FN3O2S. The zero-order valence-electron chi connectivity index (χ0n) is 15.7. The third-order valence-electron chi connectivity index (χ3n) is 4.98. The second kappa shape index (κ2) is 7.28. The van der Waals surface area contributed by atoms with E-state index in [0.717, 1.165) is 23.7 Å². The molecule has 1 aliphatic carbocycles. The number of nitriles is 1. The van der Waals surface area contributed by atoms with Crippen LogP contribution in [0.15, 0.2) is 36.4 Å². The van der Waals surface area contributed by atoms with E-state index in [4.69, 9.17) is 4.74 Å². The molecule has 0 spiro atoms. The van der Waals surface area contributed by atoms with Crippen LogP contribution in [0.1, 0.15) is 25.3 Å². The molecule has 5 nitrogen and oxygen atoms in total. The molecule has 7 heteroatoms. The minimum atomic E-state index is -1.26. The molecule has 2 aromatic carbocycles. The summed E-state index contributed by atoms with van der Waals surface area (Å²) in [5, 5.41) is 10.7. The van der Waals surface area contributed by atoms with Crippen LogP contribution in [0.25, 0.3) is 22.2 Å². The number of methoxy groups -OCH3 is 1. The van der Waals surface area contributed by atoms with E-state index in [1.807, 2.05) is 29.7 Å². The number of aryl methyl sites for hydroxylation is 1. The molecule has 1 aromatic heterocycles. The van der Waals surface area contributed by atoms with Gasteiger partial charge < -0.3 is 14.0 Å². The fraction of sp³-hybridized carbons (Fsp3) is 0.286. The molecule has 0 radical (unpaired) electrons. The molecule has 1 atom stereocenters. The molecule has 0 aliphatic heterocycles. The summed E-state index contributed by atoms with van der Waals surface area (Å²) in [4.78, 5) is 0. The third kappa shape index (κ3) is 3.14. The van der Waals surface area contributed by atoms with Crippen molar-refractivity contribution in [2.24, 2.45) is 0 Å². The fourth-order valence-electron chi connectivity index (χ4n) is 3.42. The molecule has 0 amide bonds. The van der Waals surface area contributed by atoms with Crippen molar-refractivity contribution in [1.29, 1.82) is 5.26 Å². The first-order valence-electron chi connectivity index (χ1n) is 9.14.